The molecule has 4 rings (SSSR count). The summed E-state index contributed by atoms with van der Waals surface area (Å²) in [4.78, 5) is 19.5. The van der Waals surface area contributed by atoms with E-state index in [0.717, 1.165) is 59.9 Å². The lowest BCUT2D eigenvalue weighted by molar-refractivity contribution is -0.125. The topological polar surface area (TPSA) is 71.8 Å². The lowest BCUT2D eigenvalue weighted by Crippen LogP contribution is -2.42. The molecule has 164 valence electrons. The molecule has 1 saturated heterocycles. The first-order valence-corrected chi connectivity index (χ1v) is 11.0. The third kappa shape index (κ3) is 4.52. The van der Waals surface area contributed by atoms with Gasteiger partial charge < -0.3 is 15.0 Å². The van der Waals surface area contributed by atoms with Crippen molar-refractivity contribution >= 4 is 29.0 Å². The fraction of sp³-hybridized carbons (Fsp3) is 0.435. The average Bonchev–Trinajstić information content (AvgIpc) is 3.09. The molecule has 0 unspecified atom stereocenters. The third-order valence-electron chi connectivity index (χ3n) is 5.80. The fourth-order valence-electron chi connectivity index (χ4n) is 4.20. The summed E-state index contributed by atoms with van der Waals surface area (Å²) in [5.74, 6) is 1.17. The summed E-state index contributed by atoms with van der Waals surface area (Å²) >= 11 is 6.07. The lowest BCUT2D eigenvalue weighted by Gasteiger charge is -2.33. The van der Waals surface area contributed by atoms with Gasteiger partial charge >= 0.3 is 0 Å². The van der Waals surface area contributed by atoms with E-state index in [9.17, 15) is 4.79 Å². The standard InChI is InChI=1S/C23H28ClN5O2/c1-15-14-20(28-11-8-18(9-12-28)23(30)25-10-13-31-3)29-22(26-15)21(16(2)27-29)17-4-6-19(24)7-5-17/h4-7,14,18H,8-13H2,1-3H3,(H,25,30). The zero-order valence-electron chi connectivity index (χ0n) is 18.2. The predicted molar refractivity (Wildman–Crippen MR) is 123 cm³/mol. The Kier molecular flexibility index (Phi) is 6.43. The van der Waals surface area contributed by atoms with E-state index in [1.807, 2.05) is 42.6 Å². The van der Waals surface area contributed by atoms with Crippen molar-refractivity contribution in [2.75, 3.05) is 38.3 Å². The Balaban J connectivity index is 1.59. The Morgan fingerprint density at radius 1 is 1.23 bits per heavy atom. The summed E-state index contributed by atoms with van der Waals surface area (Å²) in [6, 6.07) is 9.86. The van der Waals surface area contributed by atoms with Gasteiger partial charge in [0.05, 0.1) is 12.3 Å². The summed E-state index contributed by atoms with van der Waals surface area (Å²) in [6.45, 7) is 6.71. The van der Waals surface area contributed by atoms with Crippen LogP contribution in [0.3, 0.4) is 0 Å². The molecule has 0 saturated carbocycles. The van der Waals surface area contributed by atoms with Crippen LogP contribution in [-0.4, -0.2) is 53.9 Å². The summed E-state index contributed by atoms with van der Waals surface area (Å²) in [5, 5.41) is 8.48. The minimum atomic E-state index is 0.0375. The number of methoxy groups -OCH3 is 1. The average molecular weight is 442 g/mol. The van der Waals surface area contributed by atoms with Gasteiger partial charge in [-0.05, 0) is 44.4 Å². The maximum Gasteiger partial charge on any atom is 0.223 e. The minimum absolute atomic E-state index is 0.0375. The number of aromatic nitrogens is 3. The molecule has 0 aliphatic carbocycles. The molecule has 1 aromatic carbocycles. The predicted octanol–water partition coefficient (Wildman–Crippen LogP) is 3.65. The highest BCUT2D eigenvalue weighted by molar-refractivity contribution is 6.30. The Morgan fingerprint density at radius 3 is 2.61 bits per heavy atom. The fourth-order valence-corrected chi connectivity index (χ4v) is 4.32. The Bertz CT molecular complexity index is 1070. The number of hydrogen-bond acceptors (Lipinski definition) is 5. The molecular formula is C23H28ClN5O2. The molecule has 1 aliphatic rings. The van der Waals surface area contributed by atoms with Gasteiger partial charge in [-0.15, -0.1) is 0 Å². The summed E-state index contributed by atoms with van der Waals surface area (Å²) in [7, 11) is 1.64. The molecule has 1 N–H and O–H groups in total. The van der Waals surface area contributed by atoms with Gasteiger partial charge in [-0.2, -0.15) is 9.61 Å². The van der Waals surface area contributed by atoms with Crippen LogP contribution in [0.25, 0.3) is 16.8 Å². The van der Waals surface area contributed by atoms with E-state index in [1.54, 1.807) is 7.11 Å². The van der Waals surface area contributed by atoms with Crippen LogP contribution in [0.2, 0.25) is 5.02 Å². The van der Waals surface area contributed by atoms with Crippen molar-refractivity contribution in [2.45, 2.75) is 26.7 Å². The van der Waals surface area contributed by atoms with Gasteiger partial charge in [-0.1, -0.05) is 23.7 Å². The molecule has 7 nitrogen and oxygen atoms in total. The van der Waals surface area contributed by atoms with E-state index in [1.165, 1.54) is 0 Å². The first-order valence-electron chi connectivity index (χ1n) is 10.6. The summed E-state index contributed by atoms with van der Waals surface area (Å²) in [5.41, 5.74) is 4.78. The monoisotopic (exact) mass is 441 g/mol. The molecular weight excluding hydrogens is 414 g/mol. The number of anilines is 1. The van der Waals surface area contributed by atoms with Crippen molar-refractivity contribution < 1.29 is 9.53 Å². The number of carbonyl (C=O) groups is 1. The normalized spacial score (nSPS) is 14.9. The van der Waals surface area contributed by atoms with Crippen molar-refractivity contribution in [2.24, 2.45) is 5.92 Å². The smallest absolute Gasteiger partial charge is 0.223 e. The van der Waals surface area contributed by atoms with Crippen LogP contribution in [0.1, 0.15) is 24.2 Å². The van der Waals surface area contributed by atoms with E-state index < -0.39 is 0 Å². The van der Waals surface area contributed by atoms with Gasteiger partial charge in [-0.25, -0.2) is 4.98 Å². The SMILES string of the molecule is COCCNC(=O)C1CCN(c2cc(C)nc3c(-c4ccc(Cl)cc4)c(C)nn23)CC1. The van der Waals surface area contributed by atoms with Gasteiger partial charge in [0.1, 0.15) is 5.82 Å². The first-order chi connectivity index (χ1) is 15.0. The molecule has 0 spiro atoms. The number of piperidine rings is 1. The number of hydrogen-bond donors (Lipinski definition) is 1. The summed E-state index contributed by atoms with van der Waals surface area (Å²) < 4.78 is 6.95. The van der Waals surface area contributed by atoms with Crippen LogP contribution in [0.15, 0.2) is 30.3 Å². The zero-order valence-corrected chi connectivity index (χ0v) is 18.9. The lowest BCUT2D eigenvalue weighted by atomic mass is 9.96. The molecule has 1 aliphatic heterocycles. The number of nitrogens with one attached hydrogen (secondary N) is 1. The van der Waals surface area contributed by atoms with Crippen LogP contribution in [0, 0.1) is 19.8 Å². The number of fused-ring (bicyclic) bond motifs is 1. The number of ether oxygens (including phenoxy) is 1. The molecule has 2 aromatic heterocycles. The number of benzene rings is 1. The highest BCUT2D eigenvalue weighted by Gasteiger charge is 2.27. The number of aryl methyl sites for hydroxylation is 2. The molecule has 8 heteroatoms. The minimum Gasteiger partial charge on any atom is -0.383 e. The number of nitrogens with zero attached hydrogens (tertiary/aromatic N) is 4. The molecule has 3 heterocycles. The maximum atomic E-state index is 12.4. The maximum absolute atomic E-state index is 12.4. The van der Waals surface area contributed by atoms with Crippen molar-refractivity contribution in [1.29, 1.82) is 0 Å². The first kappa shape index (κ1) is 21.6. The molecule has 1 fully saturated rings. The molecule has 0 bridgehead atoms. The van der Waals surface area contributed by atoms with Crippen LogP contribution in [0.5, 0.6) is 0 Å². The Hall–Kier alpha value is -2.64. The van der Waals surface area contributed by atoms with Gasteiger partial charge in [0.2, 0.25) is 5.91 Å². The van der Waals surface area contributed by atoms with Gasteiger partial charge in [0, 0.05) is 55.0 Å². The van der Waals surface area contributed by atoms with Crippen LogP contribution < -0.4 is 10.2 Å². The molecule has 0 radical (unpaired) electrons. The molecule has 3 aromatic rings. The van der Waals surface area contributed by atoms with Crippen LogP contribution in [0.4, 0.5) is 5.82 Å². The number of rotatable bonds is 6. The molecule has 1 amide bonds. The largest absolute Gasteiger partial charge is 0.383 e. The molecule has 31 heavy (non-hydrogen) atoms. The van der Waals surface area contributed by atoms with Crippen molar-refractivity contribution in [3.05, 3.63) is 46.7 Å². The highest BCUT2D eigenvalue weighted by atomic mass is 35.5. The van der Waals surface area contributed by atoms with E-state index in [-0.39, 0.29) is 11.8 Å². The van der Waals surface area contributed by atoms with Crippen LogP contribution in [-0.2, 0) is 9.53 Å². The van der Waals surface area contributed by atoms with Gasteiger partial charge in [0.15, 0.2) is 5.65 Å². The van der Waals surface area contributed by atoms with Crippen molar-refractivity contribution in [1.82, 2.24) is 19.9 Å². The van der Waals surface area contributed by atoms with Crippen LogP contribution >= 0.6 is 11.6 Å². The zero-order chi connectivity index (χ0) is 22.0. The van der Waals surface area contributed by atoms with E-state index >= 15 is 0 Å². The Morgan fingerprint density at radius 2 is 1.94 bits per heavy atom. The Labute approximate surface area is 187 Å². The third-order valence-corrected chi connectivity index (χ3v) is 6.05. The number of halogens is 1. The number of amides is 1. The van der Waals surface area contributed by atoms with E-state index in [4.69, 9.17) is 26.4 Å². The van der Waals surface area contributed by atoms with Crippen molar-refractivity contribution in [3.8, 4) is 11.1 Å². The second-order valence-electron chi connectivity index (χ2n) is 8.00. The molecule has 0 atom stereocenters. The van der Waals surface area contributed by atoms with E-state index in [0.29, 0.717) is 18.2 Å². The summed E-state index contributed by atoms with van der Waals surface area (Å²) in [6.07, 6.45) is 1.62. The second kappa shape index (κ2) is 9.24. The van der Waals surface area contributed by atoms with Gasteiger partial charge in [-0.3, -0.25) is 4.79 Å². The quantitative estimate of drug-likeness (QED) is 0.591. The number of carbonyl (C=O) groups excluding carboxylic acids is 1. The van der Waals surface area contributed by atoms with Gasteiger partial charge in [0.25, 0.3) is 0 Å². The highest BCUT2D eigenvalue weighted by Crippen LogP contribution is 2.32. The second-order valence-corrected chi connectivity index (χ2v) is 8.44. The van der Waals surface area contributed by atoms with E-state index in [2.05, 4.69) is 16.3 Å². The van der Waals surface area contributed by atoms with Crippen molar-refractivity contribution in [3.63, 3.8) is 0 Å².